The lowest BCUT2D eigenvalue weighted by atomic mass is 10.00. The van der Waals surface area contributed by atoms with Crippen LogP contribution in [-0.2, 0) is 15.9 Å². The zero-order valence-corrected chi connectivity index (χ0v) is 16.2. The minimum absolute atomic E-state index is 0.210. The van der Waals surface area contributed by atoms with Crippen molar-refractivity contribution < 1.29 is 9.47 Å². The Morgan fingerprint density at radius 1 is 0.769 bits per heavy atom. The molecule has 1 aliphatic rings. The van der Waals surface area contributed by atoms with Crippen LogP contribution in [0.4, 0.5) is 0 Å². The molecule has 0 aliphatic carbocycles. The smallest absolute Gasteiger partial charge is 0.183 e. The number of unbranched alkanes of at least 4 members (excludes halogenated alkanes) is 2. The number of hydrogen-bond donors (Lipinski definition) is 0. The first-order valence-electron chi connectivity index (χ1n) is 10.2. The van der Waals surface area contributed by atoms with Crippen LogP contribution in [0.2, 0.25) is 0 Å². The molecule has 0 saturated carbocycles. The summed E-state index contributed by atoms with van der Waals surface area (Å²) in [6.07, 6.45) is 7.21. The molecule has 0 aromatic heterocycles. The first-order valence-corrected chi connectivity index (χ1v) is 10.2. The fourth-order valence-electron chi connectivity index (χ4n) is 3.59. The molecule has 26 heavy (non-hydrogen) atoms. The first kappa shape index (κ1) is 19.1. The summed E-state index contributed by atoms with van der Waals surface area (Å²) in [5, 5.41) is 0. The van der Waals surface area contributed by atoms with Gasteiger partial charge in [-0.3, -0.25) is 0 Å². The minimum Gasteiger partial charge on any atom is -0.348 e. The minimum atomic E-state index is -0.210. The van der Waals surface area contributed by atoms with Crippen molar-refractivity contribution in [3.05, 3.63) is 59.7 Å². The Bertz CT molecular complexity index is 637. The highest BCUT2D eigenvalue weighted by Gasteiger charge is 2.22. The predicted octanol–water partition coefficient (Wildman–Crippen LogP) is 6.55. The fraction of sp³-hybridized carbons (Fsp3) is 0.500. The molecule has 1 saturated heterocycles. The zero-order chi connectivity index (χ0) is 18.2. The number of hydrogen-bond acceptors (Lipinski definition) is 2. The van der Waals surface area contributed by atoms with Crippen molar-refractivity contribution in [2.75, 3.05) is 13.2 Å². The van der Waals surface area contributed by atoms with Crippen molar-refractivity contribution in [2.24, 2.45) is 5.92 Å². The van der Waals surface area contributed by atoms with Crippen molar-refractivity contribution in [2.45, 2.75) is 58.7 Å². The summed E-state index contributed by atoms with van der Waals surface area (Å²) in [6.45, 7) is 6.07. The summed E-state index contributed by atoms with van der Waals surface area (Å²) in [6, 6.07) is 17.6. The van der Waals surface area contributed by atoms with E-state index in [4.69, 9.17) is 9.47 Å². The SMILES string of the molecule is CCCCCc1ccc(-c2ccc(C3OCC(CCC)CO3)cc2)cc1. The summed E-state index contributed by atoms with van der Waals surface area (Å²) in [7, 11) is 0. The lowest BCUT2D eigenvalue weighted by Crippen LogP contribution is -2.26. The average molecular weight is 353 g/mol. The van der Waals surface area contributed by atoms with Gasteiger partial charge in [-0.15, -0.1) is 0 Å². The first-order chi connectivity index (χ1) is 12.8. The Labute approximate surface area is 158 Å². The molecule has 0 radical (unpaired) electrons. The maximum absolute atomic E-state index is 5.91. The van der Waals surface area contributed by atoms with Crippen molar-refractivity contribution in [3.8, 4) is 11.1 Å². The fourth-order valence-corrected chi connectivity index (χ4v) is 3.59. The molecule has 2 aromatic rings. The maximum Gasteiger partial charge on any atom is 0.183 e. The second kappa shape index (κ2) is 9.89. The van der Waals surface area contributed by atoms with Crippen LogP contribution in [-0.4, -0.2) is 13.2 Å². The van der Waals surface area contributed by atoms with Gasteiger partial charge in [0, 0.05) is 11.5 Å². The summed E-state index contributed by atoms with van der Waals surface area (Å²) in [5.74, 6) is 0.548. The van der Waals surface area contributed by atoms with E-state index < -0.39 is 0 Å². The van der Waals surface area contributed by atoms with Gasteiger partial charge in [-0.05, 0) is 36.0 Å². The molecule has 0 unspecified atom stereocenters. The van der Waals surface area contributed by atoms with Crippen LogP contribution in [0.15, 0.2) is 48.5 Å². The van der Waals surface area contributed by atoms with Gasteiger partial charge >= 0.3 is 0 Å². The van der Waals surface area contributed by atoms with Gasteiger partial charge in [0.15, 0.2) is 6.29 Å². The van der Waals surface area contributed by atoms with Crippen LogP contribution in [0, 0.1) is 5.92 Å². The molecule has 0 amide bonds. The van der Waals surface area contributed by atoms with Crippen molar-refractivity contribution in [1.82, 2.24) is 0 Å². The van der Waals surface area contributed by atoms with Gasteiger partial charge in [0.25, 0.3) is 0 Å². The van der Waals surface area contributed by atoms with E-state index in [9.17, 15) is 0 Å². The highest BCUT2D eigenvalue weighted by atomic mass is 16.7. The molecule has 1 aliphatic heterocycles. The third-order valence-corrected chi connectivity index (χ3v) is 5.20. The van der Waals surface area contributed by atoms with E-state index in [1.807, 2.05) is 0 Å². The van der Waals surface area contributed by atoms with Gasteiger partial charge in [0.2, 0.25) is 0 Å². The van der Waals surface area contributed by atoms with Crippen LogP contribution >= 0.6 is 0 Å². The van der Waals surface area contributed by atoms with Gasteiger partial charge in [-0.2, -0.15) is 0 Å². The molecule has 0 spiro atoms. The lowest BCUT2D eigenvalue weighted by Gasteiger charge is -2.29. The summed E-state index contributed by atoms with van der Waals surface area (Å²) < 4.78 is 11.8. The molecular weight excluding hydrogens is 320 g/mol. The molecule has 2 heteroatoms. The van der Waals surface area contributed by atoms with E-state index in [2.05, 4.69) is 62.4 Å². The highest BCUT2D eigenvalue weighted by molar-refractivity contribution is 5.64. The van der Waals surface area contributed by atoms with Gasteiger partial charge in [-0.25, -0.2) is 0 Å². The predicted molar refractivity (Wildman–Crippen MR) is 108 cm³/mol. The third kappa shape index (κ3) is 5.18. The second-order valence-corrected chi connectivity index (χ2v) is 7.43. The highest BCUT2D eigenvalue weighted by Crippen LogP contribution is 2.29. The molecule has 2 nitrogen and oxygen atoms in total. The standard InChI is InChI=1S/C24H32O2/c1-3-5-6-8-19-9-11-21(12-10-19)22-13-15-23(16-14-22)24-25-17-20(7-4-2)18-26-24/h9-16,20,24H,3-8,17-18H2,1-2H3. The van der Waals surface area contributed by atoms with E-state index in [1.54, 1.807) is 0 Å². The number of ether oxygens (including phenoxy) is 2. The van der Waals surface area contributed by atoms with Gasteiger partial charge < -0.3 is 9.47 Å². The Morgan fingerprint density at radius 2 is 1.38 bits per heavy atom. The van der Waals surface area contributed by atoms with E-state index in [1.165, 1.54) is 55.2 Å². The van der Waals surface area contributed by atoms with Crippen LogP contribution in [0.3, 0.4) is 0 Å². The molecule has 140 valence electrons. The van der Waals surface area contributed by atoms with Crippen molar-refractivity contribution in [1.29, 1.82) is 0 Å². The van der Waals surface area contributed by atoms with Gasteiger partial charge in [0.05, 0.1) is 13.2 Å². The van der Waals surface area contributed by atoms with Crippen LogP contribution in [0.1, 0.15) is 63.4 Å². The van der Waals surface area contributed by atoms with E-state index in [-0.39, 0.29) is 6.29 Å². The maximum atomic E-state index is 5.91. The Hall–Kier alpha value is -1.64. The molecule has 1 fully saturated rings. The average Bonchev–Trinajstić information content (AvgIpc) is 2.70. The molecule has 1 heterocycles. The summed E-state index contributed by atoms with van der Waals surface area (Å²) in [4.78, 5) is 0. The van der Waals surface area contributed by atoms with E-state index in [0.717, 1.165) is 18.8 Å². The van der Waals surface area contributed by atoms with Gasteiger partial charge in [0.1, 0.15) is 0 Å². The molecule has 0 N–H and O–H groups in total. The Balaban J connectivity index is 1.57. The van der Waals surface area contributed by atoms with Crippen LogP contribution < -0.4 is 0 Å². The lowest BCUT2D eigenvalue weighted by molar-refractivity contribution is -0.206. The van der Waals surface area contributed by atoms with Crippen LogP contribution in [0.5, 0.6) is 0 Å². The number of benzene rings is 2. The quantitative estimate of drug-likeness (QED) is 0.502. The number of rotatable bonds is 8. The Kier molecular flexibility index (Phi) is 7.28. The van der Waals surface area contributed by atoms with Gasteiger partial charge in [-0.1, -0.05) is 81.6 Å². The topological polar surface area (TPSA) is 18.5 Å². The van der Waals surface area contributed by atoms with Crippen LogP contribution in [0.25, 0.3) is 11.1 Å². The van der Waals surface area contributed by atoms with E-state index >= 15 is 0 Å². The summed E-state index contributed by atoms with van der Waals surface area (Å²) >= 11 is 0. The summed E-state index contributed by atoms with van der Waals surface area (Å²) in [5.41, 5.74) is 5.06. The second-order valence-electron chi connectivity index (χ2n) is 7.43. The molecule has 3 rings (SSSR count). The monoisotopic (exact) mass is 352 g/mol. The number of aryl methyl sites for hydroxylation is 1. The van der Waals surface area contributed by atoms with E-state index in [0.29, 0.717) is 5.92 Å². The molecule has 0 atom stereocenters. The largest absolute Gasteiger partial charge is 0.348 e. The normalized spacial score (nSPS) is 20.2. The Morgan fingerprint density at radius 3 is 1.96 bits per heavy atom. The van der Waals surface area contributed by atoms with Crippen molar-refractivity contribution >= 4 is 0 Å². The molecule has 2 aromatic carbocycles. The molecular formula is C24H32O2. The molecule has 0 bridgehead atoms. The third-order valence-electron chi connectivity index (χ3n) is 5.20. The van der Waals surface area contributed by atoms with Crippen molar-refractivity contribution in [3.63, 3.8) is 0 Å². The zero-order valence-electron chi connectivity index (χ0n) is 16.2.